The van der Waals surface area contributed by atoms with Crippen molar-refractivity contribution in [3.05, 3.63) is 17.5 Å². The molecule has 16 heavy (non-hydrogen) atoms. The zero-order chi connectivity index (χ0) is 11.8. The van der Waals surface area contributed by atoms with Gasteiger partial charge in [-0.3, -0.25) is 9.58 Å². The van der Waals surface area contributed by atoms with Crippen molar-refractivity contribution in [2.75, 3.05) is 13.1 Å². The highest BCUT2D eigenvalue weighted by Gasteiger charge is 2.30. The van der Waals surface area contributed by atoms with E-state index in [1.165, 1.54) is 11.3 Å². The lowest BCUT2D eigenvalue weighted by Crippen LogP contribution is -2.42. The van der Waals surface area contributed by atoms with E-state index < -0.39 is 5.67 Å². The van der Waals surface area contributed by atoms with Crippen LogP contribution < -0.4 is 0 Å². The van der Waals surface area contributed by atoms with Gasteiger partial charge in [-0.2, -0.15) is 5.10 Å². The van der Waals surface area contributed by atoms with Crippen LogP contribution in [0.15, 0.2) is 6.20 Å². The van der Waals surface area contributed by atoms with Gasteiger partial charge >= 0.3 is 0 Å². The Morgan fingerprint density at radius 2 is 2.31 bits per heavy atom. The molecule has 3 nitrogen and oxygen atoms in total. The maximum absolute atomic E-state index is 13.9. The number of likely N-dealkylation sites (tertiary alicyclic amines) is 1. The van der Waals surface area contributed by atoms with Crippen molar-refractivity contribution in [1.82, 2.24) is 14.7 Å². The summed E-state index contributed by atoms with van der Waals surface area (Å²) < 4.78 is 15.7. The molecular weight excluding hydrogens is 205 g/mol. The molecule has 0 N–H and O–H groups in total. The first kappa shape index (κ1) is 11.6. The number of hydrogen-bond acceptors (Lipinski definition) is 2. The number of alkyl halides is 1. The summed E-state index contributed by atoms with van der Waals surface area (Å²) in [6.07, 6.45) is 3.53. The molecular formula is C12H20FN3. The maximum Gasteiger partial charge on any atom is 0.120 e. The molecule has 1 saturated heterocycles. The Labute approximate surface area is 96.2 Å². The van der Waals surface area contributed by atoms with E-state index in [0.717, 1.165) is 19.5 Å². The second-order valence-corrected chi connectivity index (χ2v) is 5.11. The Morgan fingerprint density at radius 1 is 1.56 bits per heavy atom. The fraction of sp³-hybridized carbons (Fsp3) is 0.750. The highest BCUT2D eigenvalue weighted by atomic mass is 19.1. The smallest absolute Gasteiger partial charge is 0.120 e. The SMILES string of the molecule is Cc1c(CN2CCCC(C)(F)C2)cnn1C. The molecule has 0 saturated carbocycles. The summed E-state index contributed by atoms with van der Waals surface area (Å²) in [5.41, 5.74) is 1.36. The highest BCUT2D eigenvalue weighted by molar-refractivity contribution is 5.15. The van der Waals surface area contributed by atoms with Crippen molar-refractivity contribution >= 4 is 0 Å². The summed E-state index contributed by atoms with van der Waals surface area (Å²) >= 11 is 0. The Bertz CT molecular complexity index is 370. The fourth-order valence-corrected chi connectivity index (χ4v) is 2.37. The minimum atomic E-state index is -1.02. The average molecular weight is 225 g/mol. The van der Waals surface area contributed by atoms with Gasteiger partial charge in [0.05, 0.1) is 6.20 Å². The number of aryl methyl sites for hydroxylation is 1. The second kappa shape index (κ2) is 4.17. The van der Waals surface area contributed by atoms with Gasteiger partial charge in [-0.05, 0) is 33.2 Å². The van der Waals surface area contributed by atoms with Gasteiger partial charge in [-0.1, -0.05) is 0 Å². The quantitative estimate of drug-likeness (QED) is 0.768. The van der Waals surface area contributed by atoms with E-state index in [9.17, 15) is 4.39 Å². The molecule has 1 aromatic heterocycles. The van der Waals surface area contributed by atoms with Gasteiger partial charge in [0.2, 0.25) is 0 Å². The molecule has 0 spiro atoms. The van der Waals surface area contributed by atoms with Crippen LogP contribution in [0.2, 0.25) is 0 Å². The standard InChI is InChI=1S/C12H20FN3/c1-10-11(7-14-15(10)3)8-16-6-4-5-12(2,13)9-16/h7H,4-6,8-9H2,1-3H3. The van der Waals surface area contributed by atoms with Crippen molar-refractivity contribution in [2.45, 2.75) is 38.9 Å². The molecule has 0 radical (unpaired) electrons. The lowest BCUT2D eigenvalue weighted by Gasteiger charge is -2.34. The number of hydrogen-bond donors (Lipinski definition) is 0. The predicted octanol–water partition coefficient (Wildman–Crippen LogP) is 2.05. The summed E-state index contributed by atoms with van der Waals surface area (Å²) in [5, 5.41) is 4.21. The van der Waals surface area contributed by atoms with Crippen LogP contribution in [0.5, 0.6) is 0 Å². The van der Waals surface area contributed by atoms with E-state index in [-0.39, 0.29) is 0 Å². The Hall–Kier alpha value is -0.900. The lowest BCUT2D eigenvalue weighted by atomic mass is 9.96. The third-order valence-electron chi connectivity index (χ3n) is 3.46. The zero-order valence-corrected chi connectivity index (χ0v) is 10.3. The summed E-state index contributed by atoms with van der Waals surface area (Å²) in [6, 6.07) is 0. The van der Waals surface area contributed by atoms with E-state index in [1.54, 1.807) is 6.92 Å². The molecule has 4 heteroatoms. The second-order valence-electron chi connectivity index (χ2n) is 5.11. The van der Waals surface area contributed by atoms with Crippen LogP contribution in [-0.4, -0.2) is 33.4 Å². The number of nitrogens with zero attached hydrogens (tertiary/aromatic N) is 3. The van der Waals surface area contributed by atoms with Crippen molar-refractivity contribution < 1.29 is 4.39 Å². The summed E-state index contributed by atoms with van der Waals surface area (Å²) in [5.74, 6) is 0. The molecule has 1 fully saturated rings. The third kappa shape index (κ3) is 2.43. The minimum Gasteiger partial charge on any atom is -0.296 e. The van der Waals surface area contributed by atoms with Crippen LogP contribution >= 0.6 is 0 Å². The van der Waals surface area contributed by atoms with Crippen LogP contribution in [-0.2, 0) is 13.6 Å². The molecule has 1 aliphatic heterocycles. The van der Waals surface area contributed by atoms with Gasteiger partial charge in [0.15, 0.2) is 0 Å². The van der Waals surface area contributed by atoms with Crippen molar-refractivity contribution in [2.24, 2.45) is 7.05 Å². The predicted molar refractivity (Wildman–Crippen MR) is 62.0 cm³/mol. The van der Waals surface area contributed by atoms with Crippen LogP contribution in [0.25, 0.3) is 0 Å². The molecule has 0 aromatic carbocycles. The van der Waals surface area contributed by atoms with Gasteiger partial charge in [0.25, 0.3) is 0 Å². The topological polar surface area (TPSA) is 21.1 Å². The Kier molecular flexibility index (Phi) is 3.02. The van der Waals surface area contributed by atoms with Gasteiger partial charge < -0.3 is 0 Å². The molecule has 1 unspecified atom stereocenters. The van der Waals surface area contributed by atoms with Crippen LogP contribution in [0, 0.1) is 6.92 Å². The summed E-state index contributed by atoms with van der Waals surface area (Å²) in [4.78, 5) is 2.19. The fourth-order valence-electron chi connectivity index (χ4n) is 2.37. The Balaban J connectivity index is 2.02. The molecule has 90 valence electrons. The zero-order valence-electron chi connectivity index (χ0n) is 10.3. The van der Waals surface area contributed by atoms with Crippen LogP contribution in [0.1, 0.15) is 31.0 Å². The summed E-state index contributed by atoms with van der Waals surface area (Å²) in [6.45, 7) is 6.12. The molecule has 1 aliphatic rings. The van der Waals surface area contributed by atoms with Crippen LogP contribution in [0.3, 0.4) is 0 Å². The molecule has 0 amide bonds. The molecule has 1 atom stereocenters. The number of aromatic nitrogens is 2. The molecule has 0 bridgehead atoms. The lowest BCUT2D eigenvalue weighted by molar-refractivity contribution is 0.0562. The minimum absolute atomic E-state index is 0.543. The van der Waals surface area contributed by atoms with Crippen molar-refractivity contribution in [3.8, 4) is 0 Å². The van der Waals surface area contributed by atoms with Gasteiger partial charge in [0.1, 0.15) is 5.67 Å². The molecule has 1 aromatic rings. The van der Waals surface area contributed by atoms with Crippen molar-refractivity contribution in [1.29, 1.82) is 0 Å². The van der Waals surface area contributed by atoms with E-state index in [0.29, 0.717) is 13.0 Å². The number of piperidine rings is 1. The third-order valence-corrected chi connectivity index (χ3v) is 3.46. The number of halogens is 1. The Morgan fingerprint density at radius 3 is 2.88 bits per heavy atom. The molecule has 2 heterocycles. The first-order chi connectivity index (χ1) is 7.48. The van der Waals surface area contributed by atoms with Gasteiger partial charge in [-0.25, -0.2) is 4.39 Å². The molecule has 2 rings (SSSR count). The van der Waals surface area contributed by atoms with Gasteiger partial charge in [0, 0.05) is 31.4 Å². The summed E-state index contributed by atoms with van der Waals surface area (Å²) in [7, 11) is 1.94. The largest absolute Gasteiger partial charge is 0.296 e. The normalized spacial score (nSPS) is 27.2. The first-order valence-electron chi connectivity index (χ1n) is 5.87. The van der Waals surface area contributed by atoms with Crippen molar-refractivity contribution in [3.63, 3.8) is 0 Å². The van der Waals surface area contributed by atoms with E-state index in [1.807, 2.05) is 17.9 Å². The van der Waals surface area contributed by atoms with Gasteiger partial charge in [-0.15, -0.1) is 0 Å². The van der Waals surface area contributed by atoms with E-state index >= 15 is 0 Å². The average Bonchev–Trinajstić information content (AvgIpc) is 2.48. The maximum atomic E-state index is 13.9. The van der Waals surface area contributed by atoms with Crippen LogP contribution in [0.4, 0.5) is 4.39 Å². The van der Waals surface area contributed by atoms with E-state index in [4.69, 9.17) is 0 Å². The highest BCUT2D eigenvalue weighted by Crippen LogP contribution is 2.25. The first-order valence-corrected chi connectivity index (χ1v) is 5.87. The monoisotopic (exact) mass is 225 g/mol. The van der Waals surface area contributed by atoms with E-state index in [2.05, 4.69) is 16.9 Å². The molecule has 0 aliphatic carbocycles. The number of rotatable bonds is 2.